The molecule has 0 saturated carbocycles. The molecule has 3 nitrogen and oxygen atoms in total. The minimum Gasteiger partial charge on any atom is -0.489 e. The van der Waals surface area contributed by atoms with E-state index in [0.29, 0.717) is 0 Å². The molecule has 2 rings (SSSR count). The lowest BCUT2D eigenvalue weighted by molar-refractivity contribution is 0.0692. The Kier molecular flexibility index (Phi) is 3.93. The van der Waals surface area contributed by atoms with Crippen LogP contribution in [0.5, 0.6) is 5.75 Å². The molecule has 0 bridgehead atoms. The molecule has 1 N–H and O–H groups in total. The fourth-order valence-corrected chi connectivity index (χ4v) is 1.58. The van der Waals surface area contributed by atoms with Gasteiger partial charge in [-0.1, -0.05) is 12.1 Å². The van der Waals surface area contributed by atoms with Crippen molar-refractivity contribution in [2.45, 2.75) is 6.61 Å². The Balaban J connectivity index is 2.13. The van der Waals surface area contributed by atoms with Gasteiger partial charge in [0.25, 0.3) is 0 Å². The van der Waals surface area contributed by atoms with Gasteiger partial charge in [0.05, 0.1) is 5.56 Å². The van der Waals surface area contributed by atoms with Gasteiger partial charge in [0.15, 0.2) is 11.6 Å². The van der Waals surface area contributed by atoms with Crippen molar-refractivity contribution in [3.05, 3.63) is 65.0 Å². The molecule has 0 amide bonds. The topological polar surface area (TPSA) is 46.5 Å². The van der Waals surface area contributed by atoms with Crippen molar-refractivity contribution >= 4 is 5.97 Å². The number of rotatable bonds is 4. The maximum absolute atomic E-state index is 13.4. The van der Waals surface area contributed by atoms with Crippen molar-refractivity contribution in [1.82, 2.24) is 0 Å². The molecule has 0 atom stereocenters. The first-order valence-electron chi connectivity index (χ1n) is 5.57. The van der Waals surface area contributed by atoms with Crippen LogP contribution in [0.3, 0.4) is 0 Å². The quantitative estimate of drug-likeness (QED) is 0.935. The van der Waals surface area contributed by atoms with Gasteiger partial charge in [-0.15, -0.1) is 0 Å². The Hall–Kier alpha value is -2.50. The summed E-state index contributed by atoms with van der Waals surface area (Å²) in [5, 5.41) is 8.66. The molecule has 2 aromatic rings. The predicted molar refractivity (Wildman–Crippen MR) is 64.0 cm³/mol. The van der Waals surface area contributed by atoms with E-state index in [0.717, 1.165) is 18.2 Å². The molecular weight excluding hydrogens is 273 g/mol. The first-order valence-corrected chi connectivity index (χ1v) is 5.57. The third-order valence-electron chi connectivity index (χ3n) is 2.60. The highest BCUT2D eigenvalue weighted by Crippen LogP contribution is 2.19. The zero-order valence-electron chi connectivity index (χ0n) is 10.1. The van der Waals surface area contributed by atoms with E-state index >= 15 is 0 Å². The van der Waals surface area contributed by atoms with Crippen LogP contribution in [0.25, 0.3) is 0 Å². The first-order chi connectivity index (χ1) is 9.49. The fourth-order valence-electron chi connectivity index (χ4n) is 1.58. The van der Waals surface area contributed by atoms with Crippen LogP contribution in [0, 0.1) is 17.5 Å². The van der Waals surface area contributed by atoms with Gasteiger partial charge in [0.1, 0.15) is 18.2 Å². The lowest BCUT2D eigenvalue weighted by Gasteiger charge is -2.08. The highest BCUT2D eigenvalue weighted by molar-refractivity contribution is 5.88. The second-order valence-corrected chi connectivity index (χ2v) is 3.95. The van der Waals surface area contributed by atoms with Gasteiger partial charge in [0.2, 0.25) is 0 Å². The summed E-state index contributed by atoms with van der Waals surface area (Å²) in [4.78, 5) is 10.6. The number of carboxylic acids is 1. The number of carbonyl (C=O) groups is 1. The average Bonchev–Trinajstić information content (AvgIpc) is 2.40. The zero-order valence-corrected chi connectivity index (χ0v) is 10.1. The number of aromatic carboxylic acids is 1. The van der Waals surface area contributed by atoms with Crippen molar-refractivity contribution in [2.24, 2.45) is 0 Å². The highest BCUT2D eigenvalue weighted by Gasteiger charge is 2.12. The molecule has 104 valence electrons. The summed E-state index contributed by atoms with van der Waals surface area (Å²) in [6.07, 6.45) is 0. The van der Waals surface area contributed by atoms with Gasteiger partial charge in [0, 0.05) is 11.6 Å². The second-order valence-electron chi connectivity index (χ2n) is 3.95. The van der Waals surface area contributed by atoms with Gasteiger partial charge >= 0.3 is 5.97 Å². The number of ether oxygens (including phenoxy) is 1. The second kappa shape index (κ2) is 5.64. The monoisotopic (exact) mass is 282 g/mol. The SMILES string of the molecule is O=C(O)c1ccc(OCc2cccc(F)c2F)cc1F. The highest BCUT2D eigenvalue weighted by atomic mass is 19.2. The summed E-state index contributed by atoms with van der Waals surface area (Å²) >= 11 is 0. The van der Waals surface area contributed by atoms with Crippen LogP contribution in [0.2, 0.25) is 0 Å². The van der Waals surface area contributed by atoms with Crippen molar-refractivity contribution in [1.29, 1.82) is 0 Å². The average molecular weight is 282 g/mol. The molecule has 0 aromatic heterocycles. The van der Waals surface area contributed by atoms with E-state index in [2.05, 4.69) is 0 Å². The summed E-state index contributed by atoms with van der Waals surface area (Å²) in [5.41, 5.74) is -0.512. The smallest absolute Gasteiger partial charge is 0.338 e. The van der Waals surface area contributed by atoms with E-state index in [-0.39, 0.29) is 17.9 Å². The van der Waals surface area contributed by atoms with Crippen LogP contribution < -0.4 is 4.74 Å². The largest absolute Gasteiger partial charge is 0.489 e. The van der Waals surface area contributed by atoms with E-state index < -0.39 is 29.0 Å². The maximum Gasteiger partial charge on any atom is 0.338 e. The minimum atomic E-state index is -1.40. The van der Waals surface area contributed by atoms with Gasteiger partial charge < -0.3 is 9.84 Å². The van der Waals surface area contributed by atoms with Crippen LogP contribution in [0.15, 0.2) is 36.4 Å². The molecule has 0 saturated heterocycles. The molecule has 6 heteroatoms. The van der Waals surface area contributed by atoms with Gasteiger partial charge in [-0.2, -0.15) is 0 Å². The molecule has 0 spiro atoms. The first kappa shape index (κ1) is 13.9. The van der Waals surface area contributed by atoms with Gasteiger partial charge in [-0.05, 0) is 18.2 Å². The normalized spacial score (nSPS) is 10.3. The number of benzene rings is 2. The van der Waals surface area contributed by atoms with Gasteiger partial charge in [-0.3, -0.25) is 0 Å². The Labute approximate surface area is 112 Å². The molecule has 0 radical (unpaired) electrons. The zero-order chi connectivity index (χ0) is 14.7. The number of hydrogen-bond acceptors (Lipinski definition) is 2. The van der Waals surface area contributed by atoms with E-state index in [1.54, 1.807) is 0 Å². The van der Waals surface area contributed by atoms with Crippen molar-refractivity contribution in [3.8, 4) is 5.75 Å². The molecule has 0 fully saturated rings. The summed E-state index contributed by atoms with van der Waals surface area (Å²) in [7, 11) is 0. The number of hydrogen-bond donors (Lipinski definition) is 1. The van der Waals surface area contributed by atoms with E-state index in [9.17, 15) is 18.0 Å². The molecule has 0 aliphatic carbocycles. The summed E-state index contributed by atoms with van der Waals surface area (Å²) < 4.78 is 44.8. The Bertz CT molecular complexity index is 656. The molecular formula is C14H9F3O3. The van der Waals surface area contributed by atoms with Gasteiger partial charge in [-0.25, -0.2) is 18.0 Å². The molecule has 0 heterocycles. The third kappa shape index (κ3) is 2.90. The third-order valence-corrected chi connectivity index (χ3v) is 2.60. The molecule has 0 aliphatic rings. The maximum atomic E-state index is 13.4. The number of carboxylic acid groups (broad SMARTS) is 1. The standard InChI is InChI=1S/C14H9F3O3/c15-11-3-1-2-8(13(11)17)7-20-9-4-5-10(14(18)19)12(16)6-9/h1-6H,7H2,(H,18,19). The Morgan fingerprint density at radius 1 is 1.10 bits per heavy atom. The summed E-state index contributed by atoms with van der Waals surface area (Å²) in [6.45, 7) is -0.296. The van der Waals surface area contributed by atoms with E-state index in [1.165, 1.54) is 18.2 Å². The van der Waals surface area contributed by atoms with Crippen molar-refractivity contribution < 1.29 is 27.8 Å². The van der Waals surface area contributed by atoms with Crippen molar-refractivity contribution in [2.75, 3.05) is 0 Å². The van der Waals surface area contributed by atoms with Crippen LogP contribution in [-0.2, 0) is 6.61 Å². The van der Waals surface area contributed by atoms with E-state index in [1.807, 2.05) is 0 Å². The summed E-state index contributed by atoms with van der Waals surface area (Å²) in [5.74, 6) is -4.37. The number of halogens is 3. The fraction of sp³-hybridized carbons (Fsp3) is 0.0714. The summed E-state index contributed by atoms with van der Waals surface area (Å²) in [6, 6.07) is 6.78. The predicted octanol–water partition coefficient (Wildman–Crippen LogP) is 3.38. The van der Waals surface area contributed by atoms with Crippen LogP contribution in [0.4, 0.5) is 13.2 Å². The lowest BCUT2D eigenvalue weighted by Crippen LogP contribution is -2.03. The van der Waals surface area contributed by atoms with Crippen molar-refractivity contribution in [3.63, 3.8) is 0 Å². The molecule has 0 unspecified atom stereocenters. The van der Waals surface area contributed by atoms with Crippen LogP contribution >= 0.6 is 0 Å². The molecule has 20 heavy (non-hydrogen) atoms. The lowest BCUT2D eigenvalue weighted by atomic mass is 10.2. The Morgan fingerprint density at radius 2 is 1.85 bits per heavy atom. The Morgan fingerprint density at radius 3 is 2.50 bits per heavy atom. The molecule has 0 aliphatic heterocycles. The van der Waals surface area contributed by atoms with E-state index in [4.69, 9.17) is 9.84 Å². The van der Waals surface area contributed by atoms with Crippen LogP contribution in [-0.4, -0.2) is 11.1 Å². The van der Waals surface area contributed by atoms with Crippen LogP contribution in [0.1, 0.15) is 15.9 Å². The minimum absolute atomic E-state index is 0.0206. The molecule has 2 aromatic carbocycles.